The van der Waals surface area contributed by atoms with Crippen LogP contribution in [0.1, 0.15) is 96.8 Å². The first-order valence-corrected chi connectivity index (χ1v) is 10.2. The zero-order valence-electron chi connectivity index (χ0n) is 16.1. The smallest absolute Gasteiger partial charge is 0.305 e. The van der Waals surface area contributed by atoms with Crippen molar-refractivity contribution in [3.8, 4) is 0 Å². The third-order valence-electron chi connectivity index (χ3n) is 4.53. The van der Waals surface area contributed by atoms with Crippen molar-refractivity contribution in [1.29, 1.82) is 0 Å². The molecule has 0 saturated carbocycles. The number of hydrogen-bond donors (Lipinski definition) is 3. The normalized spacial score (nSPS) is 13.6. The number of rotatable bonds is 18. The van der Waals surface area contributed by atoms with Gasteiger partial charge < -0.3 is 20.1 Å². The second kappa shape index (κ2) is 18.2. The van der Waals surface area contributed by atoms with Gasteiger partial charge in [0.05, 0.1) is 6.61 Å². The maximum absolute atomic E-state index is 11.5. The molecule has 150 valence electrons. The average Bonchev–Trinajstić information content (AvgIpc) is 2.62. The van der Waals surface area contributed by atoms with Gasteiger partial charge in [-0.2, -0.15) is 0 Å². The minimum Gasteiger partial charge on any atom is -0.463 e. The average molecular weight is 361 g/mol. The summed E-state index contributed by atoms with van der Waals surface area (Å²) in [6.07, 6.45) is 14.2. The summed E-state index contributed by atoms with van der Waals surface area (Å²) in [5.41, 5.74) is 0. The van der Waals surface area contributed by atoms with Gasteiger partial charge in [-0.1, -0.05) is 84.0 Å². The van der Waals surface area contributed by atoms with Gasteiger partial charge >= 0.3 is 5.97 Å². The van der Waals surface area contributed by atoms with Crippen molar-refractivity contribution < 1.29 is 24.9 Å². The van der Waals surface area contributed by atoms with E-state index >= 15 is 0 Å². The van der Waals surface area contributed by atoms with Gasteiger partial charge in [0.15, 0.2) is 0 Å². The van der Waals surface area contributed by atoms with E-state index in [9.17, 15) is 9.90 Å². The van der Waals surface area contributed by atoms with E-state index in [1.165, 1.54) is 64.2 Å². The highest BCUT2D eigenvalue weighted by Crippen LogP contribution is 2.13. The molecule has 0 aromatic rings. The van der Waals surface area contributed by atoms with E-state index in [1.54, 1.807) is 0 Å². The minimum absolute atomic E-state index is 0.265. The maximum Gasteiger partial charge on any atom is 0.305 e. The zero-order chi connectivity index (χ0) is 18.8. The number of unbranched alkanes of at least 4 members (excludes halogenated alkanes) is 12. The summed E-state index contributed by atoms with van der Waals surface area (Å²) in [6, 6.07) is 0. The molecule has 0 heterocycles. The lowest BCUT2D eigenvalue weighted by Crippen LogP contribution is -2.34. The van der Waals surface area contributed by atoms with Gasteiger partial charge in [0, 0.05) is 6.42 Å². The fourth-order valence-corrected chi connectivity index (χ4v) is 2.77. The molecule has 0 rings (SSSR count). The molecule has 25 heavy (non-hydrogen) atoms. The lowest BCUT2D eigenvalue weighted by atomic mass is 10.0. The number of aliphatic hydroxyl groups excluding tert-OH is 3. The van der Waals surface area contributed by atoms with Crippen LogP contribution >= 0.6 is 0 Å². The first-order valence-electron chi connectivity index (χ1n) is 10.2. The molecule has 0 radical (unpaired) electrons. The van der Waals surface area contributed by atoms with Gasteiger partial charge in [0.25, 0.3) is 0 Å². The highest BCUT2D eigenvalue weighted by molar-refractivity contribution is 5.69. The number of aliphatic hydroxyl groups is 3. The van der Waals surface area contributed by atoms with Crippen LogP contribution in [-0.4, -0.2) is 46.7 Å². The van der Waals surface area contributed by atoms with Gasteiger partial charge in [-0.15, -0.1) is 0 Å². The van der Waals surface area contributed by atoms with Crippen molar-refractivity contribution in [3.05, 3.63) is 0 Å². The molecule has 0 saturated heterocycles. The van der Waals surface area contributed by atoms with Crippen LogP contribution in [0.5, 0.6) is 0 Å². The van der Waals surface area contributed by atoms with E-state index in [1.807, 2.05) is 0 Å². The molecule has 0 aliphatic heterocycles. The monoisotopic (exact) mass is 360 g/mol. The fourth-order valence-electron chi connectivity index (χ4n) is 2.77. The van der Waals surface area contributed by atoms with Crippen LogP contribution in [0.2, 0.25) is 0 Å². The second-order valence-electron chi connectivity index (χ2n) is 6.99. The largest absolute Gasteiger partial charge is 0.463 e. The SMILES string of the molecule is CCCCCCCCCCCCCCCC(=O)OCC(O)C(O)CO. The Kier molecular flexibility index (Phi) is 17.7. The van der Waals surface area contributed by atoms with Crippen LogP contribution in [0.15, 0.2) is 0 Å². The predicted octanol–water partition coefficient (Wildman–Crippen LogP) is 3.73. The molecular formula is C20H40O5. The van der Waals surface area contributed by atoms with E-state index in [0.717, 1.165) is 19.3 Å². The van der Waals surface area contributed by atoms with Gasteiger partial charge in [-0.25, -0.2) is 0 Å². The maximum atomic E-state index is 11.5. The molecule has 0 bridgehead atoms. The number of esters is 1. The van der Waals surface area contributed by atoms with Crippen molar-refractivity contribution in [3.63, 3.8) is 0 Å². The van der Waals surface area contributed by atoms with Crippen molar-refractivity contribution in [1.82, 2.24) is 0 Å². The quantitative estimate of drug-likeness (QED) is 0.256. The molecule has 3 N–H and O–H groups in total. The van der Waals surface area contributed by atoms with Crippen LogP contribution in [-0.2, 0) is 9.53 Å². The third-order valence-corrected chi connectivity index (χ3v) is 4.53. The summed E-state index contributed by atoms with van der Waals surface area (Å²) in [5.74, 6) is -0.354. The van der Waals surface area contributed by atoms with E-state index in [0.29, 0.717) is 6.42 Å². The van der Waals surface area contributed by atoms with Crippen LogP contribution in [0.4, 0.5) is 0 Å². The van der Waals surface area contributed by atoms with Crippen molar-refractivity contribution in [2.24, 2.45) is 0 Å². The molecule has 5 nitrogen and oxygen atoms in total. The molecule has 0 aliphatic rings. The molecule has 0 aliphatic carbocycles. The highest BCUT2D eigenvalue weighted by Gasteiger charge is 2.16. The number of carbonyl (C=O) groups is 1. The first kappa shape index (κ1) is 24.4. The molecule has 0 spiro atoms. The number of hydrogen-bond acceptors (Lipinski definition) is 5. The summed E-state index contributed by atoms with van der Waals surface area (Å²) in [4.78, 5) is 11.5. The topological polar surface area (TPSA) is 87.0 Å². The molecule has 0 aromatic heterocycles. The Bertz CT molecular complexity index is 296. The Morgan fingerprint density at radius 3 is 1.64 bits per heavy atom. The second-order valence-corrected chi connectivity index (χ2v) is 6.99. The lowest BCUT2D eigenvalue weighted by molar-refractivity contribution is -0.149. The number of carbonyl (C=O) groups excluding carboxylic acids is 1. The minimum atomic E-state index is -1.26. The Hall–Kier alpha value is -0.650. The summed E-state index contributed by atoms with van der Waals surface area (Å²) in [5, 5.41) is 27.2. The van der Waals surface area contributed by atoms with Crippen molar-refractivity contribution in [2.45, 2.75) is 109 Å². The summed E-state index contributed by atoms with van der Waals surface area (Å²) < 4.78 is 4.87. The van der Waals surface area contributed by atoms with Gasteiger partial charge in [0.2, 0.25) is 0 Å². The first-order chi connectivity index (χ1) is 12.1. The third kappa shape index (κ3) is 16.6. The molecule has 2 unspecified atom stereocenters. The molecule has 0 aromatic carbocycles. The van der Waals surface area contributed by atoms with Crippen LogP contribution in [0.3, 0.4) is 0 Å². The van der Waals surface area contributed by atoms with Gasteiger partial charge in [-0.3, -0.25) is 4.79 Å². The Balaban J connectivity index is 3.26. The van der Waals surface area contributed by atoms with E-state index in [2.05, 4.69) is 6.92 Å². The van der Waals surface area contributed by atoms with Crippen molar-refractivity contribution >= 4 is 5.97 Å². The molecule has 0 fully saturated rings. The highest BCUT2D eigenvalue weighted by atomic mass is 16.5. The fraction of sp³-hybridized carbons (Fsp3) is 0.950. The van der Waals surface area contributed by atoms with E-state index in [-0.39, 0.29) is 12.6 Å². The zero-order valence-corrected chi connectivity index (χ0v) is 16.1. The van der Waals surface area contributed by atoms with E-state index in [4.69, 9.17) is 14.9 Å². The summed E-state index contributed by atoms with van der Waals surface area (Å²) >= 11 is 0. The standard InChI is InChI=1S/C20H40O5/c1-2-3-4-5-6-7-8-9-10-11-12-13-14-15-20(24)25-17-19(23)18(22)16-21/h18-19,21-23H,2-17H2,1H3. The lowest BCUT2D eigenvalue weighted by Gasteiger charge is -2.15. The predicted molar refractivity (Wildman–Crippen MR) is 100 cm³/mol. The van der Waals surface area contributed by atoms with E-state index < -0.39 is 18.8 Å². The molecular weight excluding hydrogens is 320 g/mol. The van der Waals surface area contributed by atoms with Crippen LogP contribution < -0.4 is 0 Å². The summed E-state index contributed by atoms with van der Waals surface area (Å²) in [7, 11) is 0. The Morgan fingerprint density at radius 1 is 0.760 bits per heavy atom. The number of ether oxygens (including phenoxy) is 1. The summed E-state index contributed by atoms with van der Waals surface area (Å²) in [6.45, 7) is 1.44. The van der Waals surface area contributed by atoms with Gasteiger partial charge in [-0.05, 0) is 6.42 Å². The molecule has 0 amide bonds. The van der Waals surface area contributed by atoms with Crippen LogP contribution in [0, 0.1) is 0 Å². The molecule has 5 heteroatoms. The Morgan fingerprint density at radius 2 is 1.20 bits per heavy atom. The van der Waals surface area contributed by atoms with Crippen molar-refractivity contribution in [2.75, 3.05) is 13.2 Å². The van der Waals surface area contributed by atoms with Crippen LogP contribution in [0.25, 0.3) is 0 Å². The Labute approximate surface area is 153 Å². The van der Waals surface area contributed by atoms with Gasteiger partial charge in [0.1, 0.15) is 18.8 Å². The molecule has 2 atom stereocenters.